The zero-order valence-electron chi connectivity index (χ0n) is 24.1. The van der Waals surface area contributed by atoms with Crippen molar-refractivity contribution < 1.29 is 28.6 Å². The molecule has 0 aliphatic heterocycles. The van der Waals surface area contributed by atoms with Gasteiger partial charge < -0.3 is 14.2 Å². The summed E-state index contributed by atoms with van der Waals surface area (Å²) < 4.78 is 22.3. The highest BCUT2D eigenvalue weighted by molar-refractivity contribution is 8.24. The lowest BCUT2D eigenvalue weighted by Crippen LogP contribution is -2.39. The molecule has 0 fully saturated rings. The van der Waals surface area contributed by atoms with Crippen molar-refractivity contribution in [2.24, 2.45) is 5.41 Å². The molecule has 0 bridgehead atoms. The van der Waals surface area contributed by atoms with Gasteiger partial charge in [-0.2, -0.15) is 15.3 Å². The van der Waals surface area contributed by atoms with Crippen LogP contribution in [0.15, 0.2) is 55.4 Å². The Morgan fingerprint density at radius 3 is 1.14 bits per heavy atom. The molecule has 3 heterocycles. The molecule has 236 valence electrons. The van der Waals surface area contributed by atoms with Crippen LogP contribution in [0.2, 0.25) is 0 Å². The van der Waals surface area contributed by atoms with Gasteiger partial charge in [-0.1, -0.05) is 71.9 Å². The predicted octanol–water partition coefficient (Wildman–Crippen LogP) is 4.08. The summed E-state index contributed by atoms with van der Waals surface area (Å²) in [6, 6.07) is 5.16. The fraction of sp³-hybridized carbons (Fsp3) is 0.423. The number of carbonyl (C=O) groups excluding carboxylic acids is 3. The van der Waals surface area contributed by atoms with Gasteiger partial charge in [0.05, 0.1) is 5.41 Å². The molecule has 0 saturated carbocycles. The molecule has 0 spiro atoms. The van der Waals surface area contributed by atoms with Crippen LogP contribution in [0.3, 0.4) is 0 Å². The molecule has 0 aromatic carbocycles. The van der Waals surface area contributed by atoms with Crippen LogP contribution >= 0.6 is 71.9 Å². The van der Waals surface area contributed by atoms with Gasteiger partial charge in [-0.15, -0.1) is 0 Å². The third kappa shape index (κ3) is 11.1. The molecule has 3 atom stereocenters. The second-order valence-corrected chi connectivity index (χ2v) is 15.5. The first-order chi connectivity index (χ1) is 20.9. The van der Waals surface area contributed by atoms with E-state index in [2.05, 4.69) is 15.3 Å². The summed E-state index contributed by atoms with van der Waals surface area (Å²) in [5.74, 6) is -1.64. The molecule has 12 nitrogen and oxygen atoms in total. The number of hydrogen-bond acceptors (Lipinski definition) is 15. The predicted molar refractivity (Wildman–Crippen MR) is 183 cm³/mol. The van der Waals surface area contributed by atoms with Crippen LogP contribution < -0.4 is 0 Å². The van der Waals surface area contributed by atoms with Crippen molar-refractivity contribution >= 4 is 103 Å². The standard InChI is InChI=1S/C26H30N6O6S6/c1-17(42-23(39)30-11-5-8-27-30)20(33)36-14-26(4,15-37-21(34)18(2)43-24(40)31-12-6-9-28-31)16-38-22(35)19(3)44-25(41)32-13-7-10-29-32/h5-13,17-19H,14-16H2,1-4H3. The Balaban J connectivity index is 1.60. The number of nitrogens with zero attached hydrogens (tertiary/aromatic N) is 6. The van der Waals surface area contributed by atoms with Crippen molar-refractivity contribution in [3.8, 4) is 0 Å². The second-order valence-electron chi connectivity index (χ2n) is 9.56. The highest BCUT2D eigenvalue weighted by Crippen LogP contribution is 2.24. The average molecular weight is 715 g/mol. The van der Waals surface area contributed by atoms with Crippen LogP contribution in [0.5, 0.6) is 0 Å². The summed E-state index contributed by atoms with van der Waals surface area (Å²) >= 11 is 19.3. The highest BCUT2D eigenvalue weighted by atomic mass is 32.2. The minimum Gasteiger partial charge on any atom is -0.464 e. The van der Waals surface area contributed by atoms with Crippen molar-refractivity contribution in [1.82, 2.24) is 29.3 Å². The van der Waals surface area contributed by atoms with E-state index in [1.54, 1.807) is 83.1 Å². The number of rotatable bonds is 12. The SMILES string of the molecule is CC(SC(=S)n1cccn1)C(=O)OCC(C)(COC(=O)C(C)SC(=S)n1cccn1)COC(=O)C(C)SC(=S)n1cccn1. The minimum absolute atomic E-state index is 0.202. The molecule has 3 aromatic rings. The largest absolute Gasteiger partial charge is 0.464 e. The molecule has 0 aliphatic carbocycles. The summed E-state index contributed by atoms with van der Waals surface area (Å²) in [4.78, 5) is 38.6. The summed E-state index contributed by atoms with van der Waals surface area (Å²) in [7, 11) is 0. The van der Waals surface area contributed by atoms with Crippen molar-refractivity contribution in [1.29, 1.82) is 0 Å². The first-order valence-electron chi connectivity index (χ1n) is 13.0. The summed E-state index contributed by atoms with van der Waals surface area (Å²) in [5.41, 5.74) is -1.08. The molecule has 0 aliphatic rings. The Bertz CT molecular complexity index is 1260. The van der Waals surface area contributed by atoms with E-state index >= 15 is 0 Å². The number of thiocarbonyl (C=S) groups is 3. The molecule has 0 N–H and O–H groups in total. The van der Waals surface area contributed by atoms with Crippen molar-refractivity contribution in [2.45, 2.75) is 43.4 Å². The molecule has 18 heteroatoms. The zero-order chi connectivity index (χ0) is 32.3. The number of esters is 3. The van der Waals surface area contributed by atoms with Crippen LogP contribution in [-0.4, -0.2) is 95.8 Å². The zero-order valence-corrected chi connectivity index (χ0v) is 29.0. The molecule has 3 aromatic heterocycles. The van der Waals surface area contributed by atoms with Crippen molar-refractivity contribution in [3.63, 3.8) is 0 Å². The molecule has 0 saturated heterocycles. The number of carbonyl (C=O) groups is 3. The average Bonchev–Trinajstić information content (AvgIpc) is 3.81. The Morgan fingerprint density at radius 1 is 0.636 bits per heavy atom. The van der Waals surface area contributed by atoms with E-state index in [0.29, 0.717) is 13.0 Å². The smallest absolute Gasteiger partial charge is 0.319 e. The van der Waals surface area contributed by atoms with Crippen LogP contribution in [0.4, 0.5) is 0 Å². The first kappa shape index (κ1) is 35.8. The Kier molecular flexibility index (Phi) is 14.0. The van der Waals surface area contributed by atoms with Gasteiger partial charge >= 0.3 is 17.9 Å². The molecular weight excluding hydrogens is 685 g/mol. The number of thioether (sulfide) groups is 3. The third-order valence-electron chi connectivity index (χ3n) is 5.59. The number of aromatic nitrogens is 6. The summed E-state index contributed by atoms with van der Waals surface area (Å²) in [5, 5.41) is 10.2. The van der Waals surface area contributed by atoms with E-state index in [4.69, 9.17) is 50.9 Å². The summed E-state index contributed by atoms with van der Waals surface area (Å²) in [6.45, 7) is 6.05. The number of hydrogen-bond donors (Lipinski definition) is 0. The van der Waals surface area contributed by atoms with Crippen LogP contribution in [0.1, 0.15) is 27.7 Å². The summed E-state index contributed by atoms with van der Waals surface area (Å²) in [6.07, 6.45) is 9.77. The van der Waals surface area contributed by atoms with E-state index in [0.717, 1.165) is 35.3 Å². The van der Waals surface area contributed by atoms with Crippen molar-refractivity contribution in [2.75, 3.05) is 19.8 Å². The maximum atomic E-state index is 12.9. The van der Waals surface area contributed by atoms with Crippen LogP contribution in [-0.2, 0) is 28.6 Å². The van der Waals surface area contributed by atoms with Crippen LogP contribution in [0.25, 0.3) is 0 Å². The van der Waals surface area contributed by atoms with Gasteiger partial charge in [-0.3, -0.25) is 14.4 Å². The monoisotopic (exact) mass is 714 g/mol. The normalized spacial score (nSPS) is 14.5. The van der Waals surface area contributed by atoms with Crippen LogP contribution in [0, 0.1) is 5.41 Å². The highest BCUT2D eigenvalue weighted by Gasteiger charge is 2.34. The minimum atomic E-state index is -1.08. The fourth-order valence-corrected chi connectivity index (χ4v) is 6.77. The lowest BCUT2D eigenvalue weighted by atomic mass is 9.94. The molecule has 44 heavy (non-hydrogen) atoms. The van der Waals surface area contributed by atoms with Gasteiger partial charge in [0.25, 0.3) is 0 Å². The van der Waals surface area contributed by atoms with Gasteiger partial charge in [0.15, 0.2) is 13.0 Å². The number of ether oxygens (including phenoxy) is 3. The second kappa shape index (κ2) is 17.2. The maximum absolute atomic E-state index is 12.9. The Morgan fingerprint density at radius 2 is 0.909 bits per heavy atom. The van der Waals surface area contributed by atoms with Gasteiger partial charge in [0, 0.05) is 37.2 Å². The molecular formula is C26H30N6O6S6. The quantitative estimate of drug-likeness (QED) is 0.152. The maximum Gasteiger partial charge on any atom is 0.319 e. The Labute approximate surface area is 283 Å². The topological polar surface area (TPSA) is 132 Å². The fourth-order valence-electron chi connectivity index (χ4n) is 3.10. The Hall–Kier alpha value is -2.64. The molecule has 3 rings (SSSR count). The van der Waals surface area contributed by atoms with E-state index < -0.39 is 39.1 Å². The van der Waals surface area contributed by atoms with Gasteiger partial charge in [0.2, 0.25) is 0 Å². The van der Waals surface area contributed by atoms with Gasteiger partial charge in [-0.05, 0) is 45.9 Å². The molecule has 3 unspecified atom stereocenters. The van der Waals surface area contributed by atoms with E-state index in [9.17, 15) is 14.4 Å². The first-order valence-corrected chi connectivity index (χ1v) is 16.9. The van der Waals surface area contributed by atoms with Gasteiger partial charge in [0.1, 0.15) is 35.6 Å². The third-order valence-corrected chi connectivity index (χ3v) is 9.82. The van der Waals surface area contributed by atoms with Crippen molar-refractivity contribution in [3.05, 3.63) is 55.4 Å². The molecule has 0 radical (unpaired) electrons. The van der Waals surface area contributed by atoms with Gasteiger partial charge in [-0.25, -0.2) is 14.0 Å². The van der Waals surface area contributed by atoms with E-state index in [1.165, 1.54) is 14.0 Å². The lowest BCUT2D eigenvalue weighted by molar-refractivity contribution is -0.159. The lowest BCUT2D eigenvalue weighted by Gasteiger charge is -2.29. The van der Waals surface area contributed by atoms with E-state index in [1.807, 2.05) is 0 Å². The molecule has 0 amide bonds. The van der Waals surface area contributed by atoms with E-state index in [-0.39, 0.29) is 19.8 Å².